The van der Waals surface area contributed by atoms with Crippen molar-refractivity contribution in [3.63, 3.8) is 0 Å². The number of hydrazone groups is 1. The maximum absolute atomic E-state index is 5.79. The average molecular weight is 440 g/mol. The van der Waals surface area contributed by atoms with E-state index in [4.69, 9.17) is 22.1 Å². The van der Waals surface area contributed by atoms with E-state index in [0.717, 1.165) is 39.3 Å². The summed E-state index contributed by atoms with van der Waals surface area (Å²) in [6.07, 6.45) is 4.12. The molecule has 1 atom stereocenters. The molecule has 4 aromatic rings. The van der Waals surface area contributed by atoms with Gasteiger partial charge in [0, 0.05) is 30.1 Å². The Balaban J connectivity index is 1.54. The number of fused-ring (bicyclic) bond motifs is 1. The number of nitrogens with zero attached hydrogens (tertiary/aromatic N) is 4. The molecular weight excluding hydrogens is 418 g/mol. The first kappa shape index (κ1) is 20.1. The summed E-state index contributed by atoms with van der Waals surface area (Å²) in [6.45, 7) is 0. The summed E-state index contributed by atoms with van der Waals surface area (Å²) in [5.41, 5.74) is 5.66. The third-order valence-electron chi connectivity index (χ3n) is 5.46. The number of benzene rings is 3. The minimum atomic E-state index is -0.101. The second-order valence-corrected chi connectivity index (χ2v) is 7.79. The molecule has 0 saturated carbocycles. The molecule has 1 aliphatic rings. The number of rotatable bonds is 4. The molecule has 0 amide bonds. The van der Waals surface area contributed by atoms with E-state index in [2.05, 4.69) is 21.4 Å². The lowest BCUT2D eigenvalue weighted by molar-refractivity contribution is 0.377. The van der Waals surface area contributed by atoms with Crippen molar-refractivity contribution in [3.8, 4) is 5.75 Å². The van der Waals surface area contributed by atoms with Crippen molar-refractivity contribution < 1.29 is 4.74 Å². The maximum atomic E-state index is 5.79. The molecule has 7 heteroatoms. The van der Waals surface area contributed by atoms with Crippen molar-refractivity contribution in [2.45, 2.75) is 12.5 Å². The molecule has 3 aromatic carbocycles. The number of thiocarbonyl (C=S) groups is 1. The van der Waals surface area contributed by atoms with E-state index >= 15 is 0 Å². The van der Waals surface area contributed by atoms with Crippen LogP contribution in [0.3, 0.4) is 0 Å². The van der Waals surface area contributed by atoms with E-state index < -0.39 is 0 Å². The fraction of sp³-hybridized carbons (Fsp3) is 0.120. The van der Waals surface area contributed by atoms with E-state index in [-0.39, 0.29) is 6.04 Å². The van der Waals surface area contributed by atoms with Crippen LogP contribution in [-0.2, 0) is 0 Å². The van der Waals surface area contributed by atoms with Gasteiger partial charge in [-0.1, -0.05) is 30.3 Å². The zero-order valence-corrected chi connectivity index (χ0v) is 18.3. The van der Waals surface area contributed by atoms with Gasteiger partial charge in [-0.2, -0.15) is 5.10 Å². The predicted molar refractivity (Wildman–Crippen MR) is 131 cm³/mol. The van der Waals surface area contributed by atoms with Gasteiger partial charge in [0.25, 0.3) is 0 Å². The lowest BCUT2D eigenvalue weighted by Gasteiger charge is -2.25. The molecule has 2 heterocycles. The highest BCUT2D eigenvalue weighted by Gasteiger charge is 2.33. The van der Waals surface area contributed by atoms with Crippen LogP contribution < -0.4 is 10.1 Å². The smallest absolute Gasteiger partial charge is 0.194 e. The van der Waals surface area contributed by atoms with Gasteiger partial charge in [-0.15, -0.1) is 0 Å². The molecule has 1 aromatic heterocycles. The molecule has 0 radical (unpaired) electrons. The fourth-order valence-electron chi connectivity index (χ4n) is 3.88. The molecule has 0 fully saturated rings. The third-order valence-corrected chi connectivity index (χ3v) is 5.74. The quantitative estimate of drug-likeness (QED) is 0.442. The largest absolute Gasteiger partial charge is 0.497 e. The Morgan fingerprint density at radius 2 is 1.75 bits per heavy atom. The molecule has 1 aliphatic heterocycles. The van der Waals surface area contributed by atoms with E-state index in [0.29, 0.717) is 11.5 Å². The van der Waals surface area contributed by atoms with Gasteiger partial charge in [-0.25, -0.2) is 5.01 Å². The van der Waals surface area contributed by atoms with Crippen LogP contribution in [0, 0.1) is 0 Å². The maximum Gasteiger partial charge on any atom is 0.194 e. The summed E-state index contributed by atoms with van der Waals surface area (Å²) in [4.78, 5) is 9.07. The monoisotopic (exact) mass is 439 g/mol. The summed E-state index contributed by atoms with van der Waals surface area (Å²) < 4.78 is 5.30. The molecule has 1 N–H and O–H groups in total. The Hall–Kier alpha value is -3.84. The molecule has 158 valence electrons. The first-order chi connectivity index (χ1) is 15.7. The molecule has 0 spiro atoms. The van der Waals surface area contributed by atoms with Crippen LogP contribution in [0.2, 0.25) is 0 Å². The highest BCUT2D eigenvalue weighted by atomic mass is 32.1. The van der Waals surface area contributed by atoms with E-state index in [9.17, 15) is 0 Å². The molecule has 0 aliphatic carbocycles. The van der Waals surface area contributed by atoms with Crippen LogP contribution in [0.25, 0.3) is 11.0 Å². The van der Waals surface area contributed by atoms with Crippen LogP contribution in [0.5, 0.6) is 5.75 Å². The van der Waals surface area contributed by atoms with Gasteiger partial charge in [0.2, 0.25) is 0 Å². The molecule has 0 unspecified atom stereocenters. The summed E-state index contributed by atoms with van der Waals surface area (Å²) in [5, 5.41) is 10.7. The van der Waals surface area contributed by atoms with E-state index in [1.165, 1.54) is 0 Å². The molecule has 32 heavy (non-hydrogen) atoms. The Labute approximate surface area is 191 Å². The van der Waals surface area contributed by atoms with Crippen molar-refractivity contribution in [2.24, 2.45) is 5.10 Å². The Kier molecular flexibility index (Phi) is 5.47. The van der Waals surface area contributed by atoms with Gasteiger partial charge in [-0.3, -0.25) is 9.97 Å². The van der Waals surface area contributed by atoms with Crippen LogP contribution >= 0.6 is 12.2 Å². The fourth-order valence-corrected chi connectivity index (χ4v) is 4.17. The molecule has 0 saturated heterocycles. The minimum Gasteiger partial charge on any atom is -0.497 e. The highest BCUT2D eigenvalue weighted by Crippen LogP contribution is 2.36. The minimum absolute atomic E-state index is 0.101. The standard InChI is InChI=1S/C25H21N5OS/c1-31-19-12-10-17(11-13-19)22-16-23(20-8-5-9-21-24(20)27-15-14-26-21)30(29-22)25(32)28-18-6-3-2-4-7-18/h2-15,23H,16H2,1H3,(H,28,32)/t23-/m0/s1. The van der Waals surface area contributed by atoms with Gasteiger partial charge in [0.1, 0.15) is 5.75 Å². The van der Waals surface area contributed by atoms with E-state index in [1.54, 1.807) is 19.5 Å². The number of hydrogen-bond acceptors (Lipinski definition) is 5. The topological polar surface area (TPSA) is 62.6 Å². The van der Waals surface area contributed by atoms with Gasteiger partial charge < -0.3 is 10.1 Å². The summed E-state index contributed by atoms with van der Waals surface area (Å²) >= 11 is 5.79. The second-order valence-electron chi connectivity index (χ2n) is 7.41. The number of aromatic nitrogens is 2. The molecule has 0 bridgehead atoms. The van der Waals surface area contributed by atoms with Crippen molar-refractivity contribution in [3.05, 3.63) is 96.3 Å². The number of methoxy groups -OCH3 is 1. The molecule has 6 nitrogen and oxygen atoms in total. The zero-order chi connectivity index (χ0) is 21.9. The number of anilines is 1. The second kappa shape index (κ2) is 8.72. The Morgan fingerprint density at radius 3 is 2.53 bits per heavy atom. The van der Waals surface area contributed by atoms with Gasteiger partial charge >= 0.3 is 0 Å². The normalized spacial score (nSPS) is 15.5. The van der Waals surface area contributed by atoms with Crippen molar-refractivity contribution in [1.82, 2.24) is 15.0 Å². The number of nitrogens with one attached hydrogen (secondary N) is 1. The molecule has 5 rings (SSSR count). The van der Waals surface area contributed by atoms with Gasteiger partial charge in [-0.05, 0) is 60.2 Å². The summed E-state index contributed by atoms with van der Waals surface area (Å²) in [7, 11) is 1.66. The first-order valence-electron chi connectivity index (χ1n) is 10.3. The number of para-hydroxylation sites is 2. The van der Waals surface area contributed by atoms with Crippen molar-refractivity contribution in [2.75, 3.05) is 12.4 Å². The first-order valence-corrected chi connectivity index (χ1v) is 10.7. The lowest BCUT2D eigenvalue weighted by Crippen LogP contribution is -2.31. The SMILES string of the molecule is COc1ccc(C2=NN(C(=S)Nc3ccccc3)[C@H](c3cccc4nccnc34)C2)cc1. The zero-order valence-electron chi connectivity index (χ0n) is 17.5. The van der Waals surface area contributed by atoms with E-state index in [1.807, 2.05) is 71.7 Å². The lowest BCUT2D eigenvalue weighted by atomic mass is 9.97. The van der Waals surface area contributed by atoms with Crippen LogP contribution in [0.1, 0.15) is 23.6 Å². The third kappa shape index (κ3) is 3.90. The van der Waals surface area contributed by atoms with Crippen molar-refractivity contribution in [1.29, 1.82) is 0 Å². The highest BCUT2D eigenvalue weighted by molar-refractivity contribution is 7.80. The molecular formula is C25H21N5OS. The van der Waals surface area contributed by atoms with Gasteiger partial charge in [0.05, 0.1) is 29.9 Å². The van der Waals surface area contributed by atoms with Crippen LogP contribution in [0.15, 0.2) is 90.3 Å². The van der Waals surface area contributed by atoms with Gasteiger partial charge in [0.15, 0.2) is 5.11 Å². The Bertz CT molecular complexity index is 1290. The van der Waals surface area contributed by atoms with Crippen molar-refractivity contribution >= 4 is 39.8 Å². The Morgan fingerprint density at radius 1 is 0.969 bits per heavy atom. The summed E-state index contributed by atoms with van der Waals surface area (Å²) in [6, 6.07) is 23.8. The summed E-state index contributed by atoms with van der Waals surface area (Å²) in [5.74, 6) is 0.811. The predicted octanol–water partition coefficient (Wildman–Crippen LogP) is 5.19. The average Bonchev–Trinajstić information content (AvgIpc) is 3.30. The van der Waals surface area contributed by atoms with Crippen LogP contribution in [0.4, 0.5) is 5.69 Å². The number of ether oxygens (including phenoxy) is 1. The number of hydrogen-bond donors (Lipinski definition) is 1. The van der Waals surface area contributed by atoms with Crippen LogP contribution in [-0.4, -0.2) is 32.9 Å².